The Morgan fingerprint density at radius 3 is 2.33 bits per heavy atom. The van der Waals surface area contributed by atoms with E-state index in [0.717, 1.165) is 11.1 Å². The third-order valence-electron chi connectivity index (χ3n) is 4.28. The molecule has 0 spiro atoms. The van der Waals surface area contributed by atoms with E-state index in [2.05, 4.69) is 0 Å². The minimum Gasteiger partial charge on any atom is -0.507 e. The Labute approximate surface area is 139 Å². The van der Waals surface area contributed by atoms with Crippen molar-refractivity contribution in [1.82, 2.24) is 0 Å². The fourth-order valence-electron chi connectivity index (χ4n) is 2.95. The van der Waals surface area contributed by atoms with Crippen LogP contribution in [-0.4, -0.2) is 21.3 Å². The quantitative estimate of drug-likeness (QED) is 0.669. The van der Waals surface area contributed by atoms with E-state index >= 15 is 0 Å². The van der Waals surface area contributed by atoms with Crippen LogP contribution in [0.5, 0.6) is 11.5 Å². The van der Waals surface area contributed by atoms with Crippen LogP contribution in [0.3, 0.4) is 0 Å². The Morgan fingerprint density at radius 2 is 1.67 bits per heavy atom. The lowest BCUT2D eigenvalue weighted by Crippen LogP contribution is -2.01. The molecule has 4 heteroatoms. The summed E-state index contributed by atoms with van der Waals surface area (Å²) >= 11 is 0. The van der Waals surface area contributed by atoms with Gasteiger partial charge in [-0.2, -0.15) is 0 Å². The molecule has 0 saturated heterocycles. The van der Waals surface area contributed by atoms with Gasteiger partial charge >= 0.3 is 5.97 Å². The maximum Gasteiger partial charge on any atom is 0.335 e. The van der Waals surface area contributed by atoms with E-state index in [0.29, 0.717) is 17.2 Å². The number of aromatic hydroxyl groups is 2. The van der Waals surface area contributed by atoms with Gasteiger partial charge in [-0.3, -0.25) is 0 Å². The summed E-state index contributed by atoms with van der Waals surface area (Å²) in [7, 11) is 0. The van der Waals surface area contributed by atoms with Crippen LogP contribution in [0.2, 0.25) is 0 Å². The zero-order chi connectivity index (χ0) is 17.3. The average Bonchev–Trinajstić information content (AvgIpc) is 2.56. The van der Waals surface area contributed by atoms with E-state index in [4.69, 9.17) is 5.11 Å². The highest BCUT2D eigenvalue weighted by molar-refractivity contribution is 5.93. The molecule has 0 heterocycles. The zero-order valence-corrected chi connectivity index (χ0v) is 13.2. The molecule has 0 aliphatic carbocycles. The van der Waals surface area contributed by atoms with E-state index in [1.54, 1.807) is 36.4 Å². The van der Waals surface area contributed by atoms with Crippen molar-refractivity contribution in [3.63, 3.8) is 0 Å². The fourth-order valence-corrected chi connectivity index (χ4v) is 2.95. The van der Waals surface area contributed by atoms with Gasteiger partial charge in [-0.25, -0.2) is 4.79 Å². The lowest BCUT2D eigenvalue weighted by atomic mass is 9.92. The molecular formula is C20H18O4. The van der Waals surface area contributed by atoms with Gasteiger partial charge in [0.1, 0.15) is 11.5 Å². The molecule has 4 nitrogen and oxygen atoms in total. The van der Waals surface area contributed by atoms with Crippen LogP contribution in [0.4, 0.5) is 0 Å². The van der Waals surface area contributed by atoms with Crippen LogP contribution in [0.1, 0.15) is 34.3 Å². The second kappa shape index (κ2) is 6.24. The van der Waals surface area contributed by atoms with Gasteiger partial charge < -0.3 is 15.3 Å². The molecule has 1 atom stereocenters. The standard InChI is InChI=1S/C20H18O4/c1-12(14-5-7-15(8-6-14)20(23)24)9-13-10-17-16(19(22)11-13)3-2-4-18(17)21/h2-8,10-12,21-22H,9H2,1H3,(H,23,24). The molecule has 3 rings (SSSR count). The third kappa shape index (κ3) is 3.04. The zero-order valence-electron chi connectivity index (χ0n) is 13.2. The van der Waals surface area contributed by atoms with E-state index < -0.39 is 5.97 Å². The first kappa shape index (κ1) is 15.9. The molecule has 0 amide bonds. The van der Waals surface area contributed by atoms with Gasteiger partial charge in [-0.1, -0.05) is 31.2 Å². The summed E-state index contributed by atoms with van der Waals surface area (Å²) in [5.74, 6) is -0.505. The van der Waals surface area contributed by atoms with Crippen LogP contribution < -0.4 is 0 Å². The molecule has 0 aromatic heterocycles. The molecular weight excluding hydrogens is 304 g/mol. The van der Waals surface area contributed by atoms with Crippen LogP contribution in [0.25, 0.3) is 10.8 Å². The number of hydrogen-bond acceptors (Lipinski definition) is 3. The van der Waals surface area contributed by atoms with Crippen molar-refractivity contribution in [2.45, 2.75) is 19.3 Å². The molecule has 0 fully saturated rings. The molecule has 3 aromatic rings. The summed E-state index contributed by atoms with van der Waals surface area (Å²) in [6, 6.07) is 15.5. The number of rotatable bonds is 4. The largest absolute Gasteiger partial charge is 0.507 e. The van der Waals surface area contributed by atoms with E-state index in [1.807, 2.05) is 25.1 Å². The van der Waals surface area contributed by atoms with Gasteiger partial charge in [0.2, 0.25) is 0 Å². The molecule has 0 aliphatic rings. The van der Waals surface area contributed by atoms with Crippen molar-refractivity contribution in [2.75, 3.05) is 0 Å². The van der Waals surface area contributed by atoms with Crippen molar-refractivity contribution < 1.29 is 20.1 Å². The molecule has 3 N–H and O–H groups in total. The first-order valence-electron chi connectivity index (χ1n) is 7.72. The predicted molar refractivity (Wildman–Crippen MR) is 92.8 cm³/mol. The van der Waals surface area contributed by atoms with E-state index in [1.165, 1.54) is 0 Å². The minimum absolute atomic E-state index is 0.142. The van der Waals surface area contributed by atoms with Crippen molar-refractivity contribution in [2.24, 2.45) is 0 Å². The lowest BCUT2D eigenvalue weighted by molar-refractivity contribution is 0.0697. The molecule has 3 aromatic carbocycles. The number of fused-ring (bicyclic) bond motifs is 1. The highest BCUT2D eigenvalue weighted by Gasteiger charge is 2.12. The maximum atomic E-state index is 10.9. The Balaban J connectivity index is 1.88. The van der Waals surface area contributed by atoms with Gasteiger partial charge in [0.15, 0.2) is 0 Å². The van der Waals surface area contributed by atoms with Crippen LogP contribution >= 0.6 is 0 Å². The summed E-state index contributed by atoms with van der Waals surface area (Å²) < 4.78 is 0. The molecule has 0 saturated carbocycles. The summed E-state index contributed by atoms with van der Waals surface area (Å²) in [4.78, 5) is 10.9. The number of benzene rings is 3. The number of aromatic carboxylic acids is 1. The molecule has 24 heavy (non-hydrogen) atoms. The highest BCUT2D eigenvalue weighted by Crippen LogP contribution is 2.33. The molecule has 0 radical (unpaired) electrons. The smallest absolute Gasteiger partial charge is 0.335 e. The summed E-state index contributed by atoms with van der Waals surface area (Å²) in [5, 5.41) is 30.4. The van der Waals surface area contributed by atoms with Crippen molar-refractivity contribution in [3.8, 4) is 11.5 Å². The highest BCUT2D eigenvalue weighted by atomic mass is 16.4. The molecule has 122 valence electrons. The Hall–Kier alpha value is -3.01. The maximum absolute atomic E-state index is 10.9. The predicted octanol–water partition coefficient (Wildman–Crippen LogP) is 4.30. The van der Waals surface area contributed by atoms with E-state index in [9.17, 15) is 15.0 Å². The Bertz CT molecular complexity index is 897. The fraction of sp³-hybridized carbons (Fsp3) is 0.150. The van der Waals surface area contributed by atoms with Gasteiger partial charge in [0.05, 0.1) is 5.56 Å². The number of carbonyl (C=O) groups is 1. The van der Waals surface area contributed by atoms with Crippen LogP contribution in [0.15, 0.2) is 54.6 Å². The lowest BCUT2D eigenvalue weighted by Gasteiger charge is -2.14. The first-order valence-corrected chi connectivity index (χ1v) is 7.72. The average molecular weight is 322 g/mol. The first-order chi connectivity index (χ1) is 11.5. The summed E-state index contributed by atoms with van der Waals surface area (Å²) in [5.41, 5.74) is 2.20. The summed E-state index contributed by atoms with van der Waals surface area (Å²) in [6.45, 7) is 2.04. The number of carboxylic acids is 1. The van der Waals surface area contributed by atoms with Crippen molar-refractivity contribution in [3.05, 3.63) is 71.3 Å². The minimum atomic E-state index is -0.941. The second-order valence-corrected chi connectivity index (χ2v) is 6.02. The van der Waals surface area contributed by atoms with Crippen LogP contribution in [0, 0.1) is 0 Å². The normalized spacial score (nSPS) is 12.2. The Kier molecular flexibility index (Phi) is 4.13. The van der Waals surface area contributed by atoms with Gasteiger partial charge in [-0.05, 0) is 53.8 Å². The summed E-state index contributed by atoms with van der Waals surface area (Å²) in [6.07, 6.45) is 0.671. The number of carboxylic acid groups (broad SMARTS) is 1. The Morgan fingerprint density at radius 1 is 0.958 bits per heavy atom. The number of phenolic OH excluding ortho intramolecular Hbond substituents is 2. The van der Waals surface area contributed by atoms with Crippen LogP contribution in [-0.2, 0) is 6.42 Å². The number of phenols is 2. The molecule has 0 bridgehead atoms. The monoisotopic (exact) mass is 322 g/mol. The van der Waals surface area contributed by atoms with Gasteiger partial charge in [-0.15, -0.1) is 0 Å². The second-order valence-electron chi connectivity index (χ2n) is 6.02. The van der Waals surface area contributed by atoms with Crippen molar-refractivity contribution in [1.29, 1.82) is 0 Å². The van der Waals surface area contributed by atoms with E-state index in [-0.39, 0.29) is 23.0 Å². The SMILES string of the molecule is CC(Cc1cc(O)c2cccc(O)c2c1)c1ccc(C(=O)O)cc1. The molecule has 0 aliphatic heterocycles. The topological polar surface area (TPSA) is 77.8 Å². The van der Waals surface area contributed by atoms with Gasteiger partial charge in [0.25, 0.3) is 0 Å². The number of hydrogen-bond donors (Lipinski definition) is 3. The van der Waals surface area contributed by atoms with Crippen molar-refractivity contribution >= 4 is 16.7 Å². The third-order valence-corrected chi connectivity index (χ3v) is 4.28. The van der Waals surface area contributed by atoms with Gasteiger partial charge in [0, 0.05) is 10.8 Å². The molecule has 1 unspecified atom stereocenters.